The number of benzene rings is 3. The van der Waals surface area contributed by atoms with Crippen molar-refractivity contribution in [2.45, 2.75) is 20.1 Å². The molecule has 168 valence electrons. The van der Waals surface area contributed by atoms with Crippen molar-refractivity contribution in [1.82, 2.24) is 0 Å². The smallest absolute Gasteiger partial charge is 0.338 e. The molecule has 0 atom stereocenters. The van der Waals surface area contributed by atoms with Crippen molar-refractivity contribution in [2.24, 2.45) is 0 Å². The second-order valence-corrected chi connectivity index (χ2v) is 8.43. The van der Waals surface area contributed by atoms with Crippen LogP contribution in [0.15, 0.2) is 59.1 Å². The van der Waals surface area contributed by atoms with Crippen molar-refractivity contribution in [2.75, 3.05) is 19.0 Å². The van der Waals surface area contributed by atoms with Gasteiger partial charge in [-0.25, -0.2) is 4.79 Å². The Labute approximate surface area is 205 Å². The minimum atomic E-state index is -0.342. The molecule has 0 aromatic heterocycles. The molecule has 0 aliphatic carbocycles. The van der Waals surface area contributed by atoms with Crippen LogP contribution in [0.1, 0.15) is 28.4 Å². The average molecular weight is 539 g/mol. The molecule has 0 spiro atoms. The molecule has 5 nitrogen and oxygen atoms in total. The first-order chi connectivity index (χ1) is 15.4. The number of hydrogen-bond acceptors (Lipinski definition) is 5. The van der Waals surface area contributed by atoms with E-state index in [1.807, 2.05) is 30.3 Å². The number of hydrogen-bond donors (Lipinski definition) is 1. The lowest BCUT2D eigenvalue weighted by Gasteiger charge is -2.18. The van der Waals surface area contributed by atoms with Crippen molar-refractivity contribution < 1.29 is 19.0 Å². The number of anilines is 1. The van der Waals surface area contributed by atoms with Crippen molar-refractivity contribution in [1.29, 1.82) is 0 Å². The molecule has 0 unspecified atom stereocenters. The fourth-order valence-electron chi connectivity index (χ4n) is 2.98. The molecular formula is C24H22BrCl2NO4. The van der Waals surface area contributed by atoms with Crippen LogP contribution >= 0.6 is 39.1 Å². The van der Waals surface area contributed by atoms with E-state index in [9.17, 15) is 4.79 Å². The van der Waals surface area contributed by atoms with Crippen LogP contribution in [0.2, 0.25) is 10.0 Å². The summed E-state index contributed by atoms with van der Waals surface area (Å²) in [4.78, 5) is 11.8. The monoisotopic (exact) mass is 537 g/mol. The van der Waals surface area contributed by atoms with Crippen molar-refractivity contribution >= 4 is 50.8 Å². The van der Waals surface area contributed by atoms with Gasteiger partial charge >= 0.3 is 5.97 Å². The van der Waals surface area contributed by atoms with Crippen LogP contribution in [0, 0.1) is 0 Å². The summed E-state index contributed by atoms with van der Waals surface area (Å²) in [6.07, 6.45) is 0. The number of carbonyl (C=O) groups excluding carboxylic acids is 1. The van der Waals surface area contributed by atoms with Crippen molar-refractivity contribution in [3.8, 4) is 11.5 Å². The molecule has 1 N–H and O–H groups in total. The molecule has 3 aromatic rings. The highest BCUT2D eigenvalue weighted by atomic mass is 79.9. The number of halogens is 3. The third-order valence-corrected chi connectivity index (χ3v) is 5.97. The van der Waals surface area contributed by atoms with Gasteiger partial charge < -0.3 is 19.5 Å². The first-order valence-corrected chi connectivity index (χ1v) is 11.4. The van der Waals surface area contributed by atoms with E-state index in [-0.39, 0.29) is 12.6 Å². The Kier molecular flexibility index (Phi) is 8.67. The Hall–Kier alpha value is -2.41. The number of rotatable bonds is 9. The third-order valence-electron chi connectivity index (χ3n) is 4.64. The summed E-state index contributed by atoms with van der Waals surface area (Å²) in [5.74, 6) is 0.863. The molecule has 0 fully saturated rings. The zero-order chi connectivity index (χ0) is 23.1. The standard InChI is InChI=1S/C24H22BrCl2NO4/c1-3-31-24(29)15-5-8-18(9-6-15)28-13-19-20(25)10-11-22(30-2)23(19)32-14-16-4-7-17(26)12-21(16)27/h4-12,28H,3,13-14H2,1-2H3. The molecule has 0 aliphatic heterocycles. The van der Waals surface area contributed by atoms with E-state index in [1.54, 1.807) is 38.3 Å². The quantitative estimate of drug-likeness (QED) is 0.293. The molecule has 8 heteroatoms. The normalized spacial score (nSPS) is 10.5. The Balaban J connectivity index is 1.78. The van der Waals surface area contributed by atoms with Crippen molar-refractivity contribution in [3.63, 3.8) is 0 Å². The molecule has 0 bridgehead atoms. The van der Waals surface area contributed by atoms with Crippen LogP contribution in [-0.4, -0.2) is 19.7 Å². The average Bonchev–Trinajstić information content (AvgIpc) is 2.78. The number of methoxy groups -OCH3 is 1. The van der Waals surface area contributed by atoms with E-state index in [4.69, 9.17) is 37.4 Å². The van der Waals surface area contributed by atoms with Gasteiger partial charge in [0.05, 0.1) is 19.3 Å². The maximum atomic E-state index is 11.8. The van der Waals surface area contributed by atoms with Gasteiger partial charge in [0.15, 0.2) is 11.5 Å². The highest BCUT2D eigenvalue weighted by Gasteiger charge is 2.16. The number of esters is 1. The topological polar surface area (TPSA) is 56.8 Å². The molecule has 3 rings (SSSR count). The van der Waals surface area contributed by atoms with E-state index in [0.29, 0.717) is 40.3 Å². The summed E-state index contributed by atoms with van der Waals surface area (Å²) in [6.45, 7) is 2.83. The highest BCUT2D eigenvalue weighted by Crippen LogP contribution is 2.37. The zero-order valence-electron chi connectivity index (χ0n) is 17.6. The predicted octanol–water partition coefficient (Wildman–Crippen LogP) is 7.13. The Morgan fingerprint density at radius 3 is 2.47 bits per heavy atom. The van der Waals surface area contributed by atoms with E-state index < -0.39 is 0 Å². The Bertz CT molecular complexity index is 1090. The van der Waals surface area contributed by atoms with Gasteiger partial charge in [-0.3, -0.25) is 0 Å². The number of ether oxygens (including phenoxy) is 3. The summed E-state index contributed by atoms with van der Waals surface area (Å²) < 4.78 is 17.5. The maximum Gasteiger partial charge on any atom is 0.338 e. The van der Waals surface area contributed by atoms with Gasteiger partial charge in [0.1, 0.15) is 6.61 Å². The first kappa shape index (κ1) is 24.2. The van der Waals surface area contributed by atoms with Crippen LogP contribution < -0.4 is 14.8 Å². The van der Waals surface area contributed by atoms with Gasteiger partial charge in [-0.1, -0.05) is 45.2 Å². The fraction of sp³-hybridized carbons (Fsp3) is 0.208. The van der Waals surface area contributed by atoms with Gasteiger partial charge in [0.25, 0.3) is 0 Å². The summed E-state index contributed by atoms with van der Waals surface area (Å²) in [7, 11) is 1.59. The molecule has 0 saturated heterocycles. The summed E-state index contributed by atoms with van der Waals surface area (Å²) in [5.41, 5.74) is 3.04. The third kappa shape index (κ3) is 6.09. The first-order valence-electron chi connectivity index (χ1n) is 9.86. The van der Waals surface area contributed by atoms with Crippen LogP contribution in [0.4, 0.5) is 5.69 Å². The van der Waals surface area contributed by atoms with Crippen LogP contribution in [0.5, 0.6) is 11.5 Å². The number of carbonyl (C=O) groups is 1. The van der Waals surface area contributed by atoms with Gasteiger partial charge in [0.2, 0.25) is 0 Å². The summed E-state index contributed by atoms with van der Waals surface area (Å²) in [6, 6.07) is 16.1. The number of nitrogens with one attached hydrogen (secondary N) is 1. The molecule has 0 radical (unpaired) electrons. The maximum absolute atomic E-state index is 11.8. The van der Waals surface area contributed by atoms with Crippen LogP contribution in [-0.2, 0) is 17.9 Å². The second kappa shape index (κ2) is 11.5. The lowest BCUT2D eigenvalue weighted by Crippen LogP contribution is -2.07. The molecule has 0 saturated carbocycles. The second-order valence-electron chi connectivity index (χ2n) is 6.73. The van der Waals surface area contributed by atoms with Gasteiger partial charge in [-0.15, -0.1) is 0 Å². The Morgan fingerprint density at radius 1 is 1.06 bits per heavy atom. The lowest BCUT2D eigenvalue weighted by molar-refractivity contribution is 0.0526. The fourth-order valence-corrected chi connectivity index (χ4v) is 3.90. The summed E-state index contributed by atoms with van der Waals surface area (Å²) in [5, 5.41) is 4.45. The van der Waals surface area contributed by atoms with Gasteiger partial charge in [-0.05, 0) is 55.5 Å². The largest absolute Gasteiger partial charge is 0.493 e. The van der Waals surface area contributed by atoms with Gasteiger partial charge in [0, 0.05) is 37.9 Å². The molecule has 0 aliphatic rings. The summed E-state index contributed by atoms with van der Waals surface area (Å²) >= 11 is 15.9. The molecular weight excluding hydrogens is 517 g/mol. The van der Waals surface area contributed by atoms with Crippen molar-refractivity contribution in [3.05, 3.63) is 85.8 Å². The highest BCUT2D eigenvalue weighted by molar-refractivity contribution is 9.10. The predicted molar refractivity (Wildman–Crippen MR) is 131 cm³/mol. The SMILES string of the molecule is CCOC(=O)c1ccc(NCc2c(Br)ccc(OC)c2OCc2ccc(Cl)cc2Cl)cc1. The Morgan fingerprint density at radius 2 is 1.81 bits per heavy atom. The van der Waals surface area contributed by atoms with E-state index in [1.165, 1.54) is 0 Å². The van der Waals surface area contributed by atoms with Gasteiger partial charge in [-0.2, -0.15) is 0 Å². The van der Waals surface area contributed by atoms with E-state index in [0.717, 1.165) is 21.3 Å². The van der Waals surface area contributed by atoms with E-state index in [2.05, 4.69) is 21.2 Å². The minimum absolute atomic E-state index is 0.254. The minimum Gasteiger partial charge on any atom is -0.493 e. The zero-order valence-corrected chi connectivity index (χ0v) is 20.7. The molecule has 3 aromatic carbocycles. The lowest BCUT2D eigenvalue weighted by atomic mass is 10.1. The molecule has 0 amide bonds. The molecule has 32 heavy (non-hydrogen) atoms. The van der Waals surface area contributed by atoms with E-state index >= 15 is 0 Å². The molecule has 0 heterocycles. The van der Waals surface area contributed by atoms with Crippen LogP contribution in [0.25, 0.3) is 0 Å². The van der Waals surface area contributed by atoms with Crippen LogP contribution in [0.3, 0.4) is 0 Å².